The number of hydrogen-bond donors (Lipinski definition) is 0. The highest BCUT2D eigenvalue weighted by molar-refractivity contribution is 7.89. The molecule has 0 amide bonds. The van der Waals surface area contributed by atoms with Gasteiger partial charge in [0.2, 0.25) is 10.0 Å². The molecule has 0 saturated carbocycles. The molecule has 0 bridgehead atoms. The largest absolute Gasteiger partial charge is 0.489 e. The monoisotopic (exact) mass is 284 g/mol. The summed E-state index contributed by atoms with van der Waals surface area (Å²) in [5.74, 6) is 0.919. The third-order valence-electron chi connectivity index (χ3n) is 3.35. The summed E-state index contributed by atoms with van der Waals surface area (Å²) < 4.78 is 30.8. The molecule has 1 aliphatic heterocycles. The van der Waals surface area contributed by atoms with Gasteiger partial charge in [-0.2, -0.15) is 0 Å². The van der Waals surface area contributed by atoms with Gasteiger partial charge in [-0.25, -0.2) is 12.7 Å². The maximum absolute atomic E-state index is 11.7. The molecule has 2 heterocycles. The predicted octanol–water partition coefficient (Wildman–Crippen LogP) is 1.58. The second-order valence-electron chi connectivity index (χ2n) is 4.75. The van der Waals surface area contributed by atoms with Crippen molar-refractivity contribution in [3.05, 3.63) is 24.0 Å². The summed E-state index contributed by atoms with van der Waals surface area (Å²) in [4.78, 5) is 4.18. The van der Waals surface area contributed by atoms with Crippen LogP contribution in [0.2, 0.25) is 0 Å². The number of aryl methyl sites for hydroxylation is 1. The Bertz CT molecular complexity index is 505. The molecule has 1 aliphatic rings. The van der Waals surface area contributed by atoms with E-state index in [1.54, 1.807) is 17.4 Å². The highest BCUT2D eigenvalue weighted by Crippen LogP contribution is 2.20. The number of rotatable bonds is 4. The molecule has 0 atom stereocenters. The van der Waals surface area contributed by atoms with E-state index in [-0.39, 0.29) is 11.9 Å². The van der Waals surface area contributed by atoms with Crippen molar-refractivity contribution < 1.29 is 13.2 Å². The predicted molar refractivity (Wildman–Crippen MR) is 73.7 cm³/mol. The van der Waals surface area contributed by atoms with Crippen LogP contribution in [0.1, 0.15) is 25.5 Å². The average Bonchev–Trinajstić information content (AvgIpc) is 2.42. The molecule has 0 unspecified atom stereocenters. The summed E-state index contributed by atoms with van der Waals surface area (Å²) in [6.45, 7) is 4.69. The van der Waals surface area contributed by atoms with Crippen LogP contribution in [0.4, 0.5) is 0 Å². The van der Waals surface area contributed by atoms with Gasteiger partial charge in [-0.15, -0.1) is 0 Å². The fourth-order valence-electron chi connectivity index (χ4n) is 2.13. The van der Waals surface area contributed by atoms with Crippen molar-refractivity contribution in [2.24, 2.45) is 0 Å². The average molecular weight is 284 g/mol. The Morgan fingerprint density at radius 3 is 2.58 bits per heavy atom. The molecule has 106 valence electrons. The molecule has 0 aromatic carbocycles. The van der Waals surface area contributed by atoms with Crippen LogP contribution in [0.15, 0.2) is 18.3 Å². The number of ether oxygens (including phenoxy) is 1. The van der Waals surface area contributed by atoms with Crippen molar-refractivity contribution in [3.8, 4) is 5.75 Å². The molecule has 1 fully saturated rings. The first-order chi connectivity index (χ1) is 9.01. The van der Waals surface area contributed by atoms with Crippen LogP contribution in [0.25, 0.3) is 0 Å². The zero-order valence-electron chi connectivity index (χ0n) is 11.4. The van der Waals surface area contributed by atoms with E-state index in [4.69, 9.17) is 4.74 Å². The van der Waals surface area contributed by atoms with E-state index in [1.165, 1.54) is 0 Å². The van der Waals surface area contributed by atoms with E-state index in [1.807, 2.05) is 19.1 Å². The Morgan fingerprint density at radius 2 is 2.05 bits per heavy atom. The smallest absolute Gasteiger partial charge is 0.213 e. The van der Waals surface area contributed by atoms with E-state index in [9.17, 15) is 8.42 Å². The van der Waals surface area contributed by atoms with Gasteiger partial charge in [0.05, 0.1) is 11.9 Å². The van der Waals surface area contributed by atoms with Crippen molar-refractivity contribution in [1.29, 1.82) is 0 Å². The van der Waals surface area contributed by atoms with Gasteiger partial charge in [0.15, 0.2) is 0 Å². The third kappa shape index (κ3) is 3.67. The fraction of sp³-hybridized carbons (Fsp3) is 0.615. The summed E-state index contributed by atoms with van der Waals surface area (Å²) in [7, 11) is -3.06. The molecule has 0 N–H and O–H groups in total. The van der Waals surface area contributed by atoms with Crippen LogP contribution in [0.5, 0.6) is 5.75 Å². The standard InChI is InChI=1S/C13H20N2O3S/c1-3-19(16,17)15-8-6-12(7-9-15)18-13-5-4-11(2)14-10-13/h4-5,10,12H,3,6-9H2,1-2H3. The maximum atomic E-state index is 11.7. The summed E-state index contributed by atoms with van der Waals surface area (Å²) >= 11 is 0. The Balaban J connectivity index is 1.89. The lowest BCUT2D eigenvalue weighted by Crippen LogP contribution is -2.42. The van der Waals surface area contributed by atoms with Crippen molar-refractivity contribution in [3.63, 3.8) is 0 Å². The molecule has 1 saturated heterocycles. The quantitative estimate of drug-likeness (QED) is 0.842. The lowest BCUT2D eigenvalue weighted by Gasteiger charge is -2.31. The minimum atomic E-state index is -3.06. The van der Waals surface area contributed by atoms with Crippen molar-refractivity contribution in [2.45, 2.75) is 32.8 Å². The Hall–Kier alpha value is -1.14. The zero-order chi connectivity index (χ0) is 13.9. The van der Waals surface area contributed by atoms with Crippen LogP contribution >= 0.6 is 0 Å². The molecule has 1 aromatic heterocycles. The molecule has 5 nitrogen and oxygen atoms in total. The highest BCUT2D eigenvalue weighted by atomic mass is 32.2. The maximum Gasteiger partial charge on any atom is 0.213 e. The van der Waals surface area contributed by atoms with Gasteiger partial charge in [-0.3, -0.25) is 4.98 Å². The first-order valence-corrected chi connectivity index (χ1v) is 8.19. The lowest BCUT2D eigenvalue weighted by molar-refractivity contribution is 0.134. The first kappa shape index (κ1) is 14.3. The summed E-state index contributed by atoms with van der Waals surface area (Å²) in [6.07, 6.45) is 3.25. The van der Waals surface area contributed by atoms with Crippen LogP contribution < -0.4 is 4.74 Å². The lowest BCUT2D eigenvalue weighted by atomic mass is 10.1. The van der Waals surface area contributed by atoms with Gasteiger partial charge in [-0.05, 0) is 38.8 Å². The zero-order valence-corrected chi connectivity index (χ0v) is 12.2. The molecule has 2 rings (SSSR count). The topological polar surface area (TPSA) is 59.5 Å². The highest BCUT2D eigenvalue weighted by Gasteiger charge is 2.27. The second kappa shape index (κ2) is 5.88. The summed E-state index contributed by atoms with van der Waals surface area (Å²) in [5.41, 5.74) is 0.955. The number of aromatic nitrogens is 1. The minimum absolute atomic E-state index is 0.0767. The molecule has 19 heavy (non-hydrogen) atoms. The van der Waals surface area contributed by atoms with Crippen molar-refractivity contribution >= 4 is 10.0 Å². The number of nitrogens with zero attached hydrogens (tertiary/aromatic N) is 2. The molecular weight excluding hydrogens is 264 g/mol. The number of pyridine rings is 1. The van der Waals surface area contributed by atoms with Gasteiger partial charge in [-0.1, -0.05) is 0 Å². The van der Waals surface area contributed by atoms with E-state index >= 15 is 0 Å². The van der Waals surface area contributed by atoms with Gasteiger partial charge in [0.1, 0.15) is 11.9 Å². The summed E-state index contributed by atoms with van der Waals surface area (Å²) in [6, 6.07) is 3.81. The van der Waals surface area contributed by atoms with Crippen molar-refractivity contribution in [1.82, 2.24) is 9.29 Å². The Morgan fingerprint density at radius 1 is 1.37 bits per heavy atom. The number of sulfonamides is 1. The van der Waals surface area contributed by atoms with Crippen molar-refractivity contribution in [2.75, 3.05) is 18.8 Å². The van der Waals surface area contributed by atoms with Gasteiger partial charge < -0.3 is 4.74 Å². The van der Waals surface area contributed by atoms with E-state index in [0.717, 1.165) is 24.3 Å². The van der Waals surface area contributed by atoms with Gasteiger partial charge in [0.25, 0.3) is 0 Å². The van der Waals surface area contributed by atoms with Crippen LogP contribution in [0.3, 0.4) is 0 Å². The first-order valence-electron chi connectivity index (χ1n) is 6.58. The normalized spacial score (nSPS) is 18.4. The molecule has 6 heteroatoms. The number of hydrogen-bond acceptors (Lipinski definition) is 4. The second-order valence-corrected chi connectivity index (χ2v) is 7.01. The fourth-order valence-corrected chi connectivity index (χ4v) is 3.26. The molecule has 1 aromatic rings. The van der Waals surface area contributed by atoms with E-state index in [0.29, 0.717) is 13.1 Å². The van der Waals surface area contributed by atoms with Crippen LogP contribution in [-0.4, -0.2) is 42.7 Å². The van der Waals surface area contributed by atoms with Gasteiger partial charge in [0, 0.05) is 18.8 Å². The molecule has 0 spiro atoms. The molecular formula is C13H20N2O3S. The van der Waals surface area contributed by atoms with E-state index < -0.39 is 10.0 Å². The van der Waals surface area contributed by atoms with E-state index in [2.05, 4.69) is 4.98 Å². The molecule has 0 radical (unpaired) electrons. The minimum Gasteiger partial charge on any atom is -0.489 e. The van der Waals surface area contributed by atoms with Crippen LogP contribution in [-0.2, 0) is 10.0 Å². The van der Waals surface area contributed by atoms with Gasteiger partial charge >= 0.3 is 0 Å². The Labute approximate surface area is 114 Å². The number of piperidine rings is 1. The Kier molecular flexibility index (Phi) is 4.42. The SMILES string of the molecule is CCS(=O)(=O)N1CCC(Oc2ccc(C)nc2)CC1. The van der Waals surface area contributed by atoms with Crippen LogP contribution in [0, 0.1) is 6.92 Å². The third-order valence-corrected chi connectivity index (χ3v) is 5.23. The summed E-state index contributed by atoms with van der Waals surface area (Å²) in [5, 5.41) is 0. The molecule has 0 aliphatic carbocycles.